The van der Waals surface area contributed by atoms with Gasteiger partial charge in [-0.25, -0.2) is 0 Å². The van der Waals surface area contributed by atoms with E-state index in [0.29, 0.717) is 6.42 Å². The van der Waals surface area contributed by atoms with E-state index in [0.717, 1.165) is 44.9 Å². The van der Waals surface area contributed by atoms with Gasteiger partial charge in [-0.15, -0.1) is 0 Å². The van der Waals surface area contributed by atoms with Crippen LogP contribution in [0.25, 0.3) is 0 Å². The molecule has 0 N–H and O–H groups in total. The number of hydrogen-bond acceptors (Lipinski definition) is 1. The fraction of sp³-hybridized carbons (Fsp3) is 0.435. The molecule has 0 unspecified atom stereocenters. The summed E-state index contributed by atoms with van der Waals surface area (Å²) in [4.78, 5) is 10.8. The number of allylic oxidation sites excluding steroid dienone is 12. The summed E-state index contributed by atoms with van der Waals surface area (Å²) in [6, 6.07) is 0. The second-order valence-corrected chi connectivity index (χ2v) is 5.66. The Kier molecular flexibility index (Phi) is 17.6. The molecule has 0 aliphatic heterocycles. The predicted octanol–water partition coefficient (Wildman–Crippen LogP) is 7.05. The van der Waals surface area contributed by atoms with Crippen LogP contribution in [0, 0.1) is 0 Å². The van der Waals surface area contributed by atoms with Crippen LogP contribution >= 0.6 is 0 Å². The van der Waals surface area contributed by atoms with E-state index in [4.69, 9.17) is 0 Å². The van der Waals surface area contributed by atoms with Gasteiger partial charge in [0.15, 0.2) is 0 Å². The molecule has 0 aromatic carbocycles. The number of rotatable bonds is 14. The lowest BCUT2D eigenvalue weighted by Gasteiger charge is -1.87. The summed E-state index contributed by atoms with van der Waals surface area (Å²) in [6.07, 6.45) is 33.9. The minimum absolute atomic E-state index is 0.259. The normalized spacial score (nSPS) is 13.1. The van der Waals surface area contributed by atoms with Crippen LogP contribution < -0.4 is 0 Å². The lowest BCUT2D eigenvalue weighted by atomic mass is 10.2. The zero-order chi connectivity index (χ0) is 17.7. The summed E-state index contributed by atoms with van der Waals surface area (Å²) in [5.74, 6) is 0.259. The molecule has 0 spiro atoms. The Balaban J connectivity index is 3.51. The maximum absolute atomic E-state index is 10.8. The quantitative estimate of drug-likeness (QED) is 0.312. The van der Waals surface area contributed by atoms with Crippen molar-refractivity contribution >= 4 is 5.78 Å². The summed E-state index contributed by atoms with van der Waals surface area (Å²) in [7, 11) is 0. The number of ketones is 1. The molecule has 0 bridgehead atoms. The van der Waals surface area contributed by atoms with Crippen LogP contribution in [0.3, 0.4) is 0 Å². The van der Waals surface area contributed by atoms with Crippen molar-refractivity contribution in [2.45, 2.75) is 65.2 Å². The highest BCUT2D eigenvalue weighted by Crippen LogP contribution is 1.97. The lowest BCUT2D eigenvalue weighted by molar-refractivity contribution is -0.116. The minimum Gasteiger partial charge on any atom is -0.300 e. The molecule has 0 aromatic rings. The highest BCUT2D eigenvalue weighted by molar-refractivity contribution is 5.75. The van der Waals surface area contributed by atoms with Crippen molar-refractivity contribution in [3.63, 3.8) is 0 Å². The van der Waals surface area contributed by atoms with E-state index in [2.05, 4.69) is 79.8 Å². The van der Waals surface area contributed by atoms with Gasteiger partial charge in [-0.1, -0.05) is 79.8 Å². The van der Waals surface area contributed by atoms with Crippen LogP contribution in [0.15, 0.2) is 72.9 Å². The second-order valence-electron chi connectivity index (χ2n) is 5.66. The van der Waals surface area contributed by atoms with Crippen molar-refractivity contribution in [2.75, 3.05) is 0 Å². The molecule has 0 heterocycles. The minimum atomic E-state index is 0.259. The summed E-state index contributed by atoms with van der Waals surface area (Å²) in [5.41, 5.74) is 0. The highest BCUT2D eigenvalue weighted by Gasteiger charge is 1.87. The maximum atomic E-state index is 10.8. The number of carbonyl (C=O) groups excluding carboxylic acids is 1. The fourth-order valence-corrected chi connectivity index (χ4v) is 1.93. The van der Waals surface area contributed by atoms with Gasteiger partial charge in [-0.3, -0.25) is 0 Å². The van der Waals surface area contributed by atoms with Crippen LogP contribution in [0.5, 0.6) is 0 Å². The Labute approximate surface area is 149 Å². The summed E-state index contributed by atoms with van der Waals surface area (Å²) in [6.45, 7) is 3.79. The first-order chi connectivity index (χ1) is 11.8. The smallest absolute Gasteiger partial charge is 0.130 e. The van der Waals surface area contributed by atoms with Crippen LogP contribution in [0.2, 0.25) is 0 Å². The summed E-state index contributed by atoms with van der Waals surface area (Å²) < 4.78 is 0. The molecule has 0 rings (SSSR count). The van der Waals surface area contributed by atoms with Gasteiger partial charge in [0, 0.05) is 6.42 Å². The number of carbonyl (C=O) groups is 1. The third-order valence-corrected chi connectivity index (χ3v) is 3.26. The molecule has 1 heteroatoms. The van der Waals surface area contributed by atoms with E-state index < -0.39 is 0 Å². The Morgan fingerprint density at radius 2 is 0.917 bits per heavy atom. The van der Waals surface area contributed by atoms with Crippen LogP contribution in [-0.2, 0) is 4.79 Å². The second kappa shape index (κ2) is 19.2. The molecule has 0 saturated carbocycles. The van der Waals surface area contributed by atoms with Crippen molar-refractivity contribution in [1.29, 1.82) is 0 Å². The molecule has 132 valence electrons. The standard InChI is InChI=1S/C23H34O/c1-3-4-5-6-7-8-9-10-11-12-13-14-15-16-17-18-19-20-21-22-23(2)24/h4-5,7-8,10-11,13-14,16-17,19-20H,3,6,9,12,15,18,21-22H2,1-2H3/b5-4-,8-7+,11-10+,14-13+,17-16+,20-19+. The molecular formula is C23H34O. The van der Waals surface area contributed by atoms with Crippen molar-refractivity contribution in [3.8, 4) is 0 Å². The van der Waals surface area contributed by atoms with Crippen molar-refractivity contribution < 1.29 is 4.79 Å². The number of hydrogen-bond donors (Lipinski definition) is 0. The molecular weight excluding hydrogens is 292 g/mol. The maximum Gasteiger partial charge on any atom is 0.130 e. The number of Topliss-reactive ketones (excluding diaryl/α,β-unsaturated/α-hetero) is 1. The molecule has 0 aromatic heterocycles. The first-order valence-corrected chi connectivity index (χ1v) is 9.16. The monoisotopic (exact) mass is 326 g/mol. The van der Waals surface area contributed by atoms with Crippen molar-refractivity contribution in [2.24, 2.45) is 0 Å². The first kappa shape index (κ1) is 22.1. The van der Waals surface area contributed by atoms with E-state index in [9.17, 15) is 4.79 Å². The van der Waals surface area contributed by atoms with Gasteiger partial charge in [0.2, 0.25) is 0 Å². The highest BCUT2D eigenvalue weighted by atomic mass is 16.1. The van der Waals surface area contributed by atoms with Crippen molar-refractivity contribution in [1.82, 2.24) is 0 Å². The topological polar surface area (TPSA) is 17.1 Å². The molecule has 0 amide bonds. The average molecular weight is 327 g/mol. The Hall–Kier alpha value is -1.89. The summed E-state index contributed by atoms with van der Waals surface area (Å²) in [5, 5.41) is 0. The molecule has 0 aliphatic carbocycles. The molecule has 0 fully saturated rings. The van der Waals surface area contributed by atoms with Crippen LogP contribution in [-0.4, -0.2) is 5.78 Å². The van der Waals surface area contributed by atoms with Crippen LogP contribution in [0.1, 0.15) is 65.2 Å². The molecule has 0 radical (unpaired) electrons. The third kappa shape index (κ3) is 20.1. The van der Waals surface area contributed by atoms with Gasteiger partial charge in [0.1, 0.15) is 5.78 Å². The predicted molar refractivity (Wildman–Crippen MR) is 108 cm³/mol. The molecule has 0 aliphatic rings. The molecule has 24 heavy (non-hydrogen) atoms. The van der Waals surface area contributed by atoms with E-state index in [1.54, 1.807) is 6.92 Å². The molecule has 0 saturated heterocycles. The van der Waals surface area contributed by atoms with Crippen molar-refractivity contribution in [3.05, 3.63) is 72.9 Å². The zero-order valence-corrected chi connectivity index (χ0v) is 15.5. The Morgan fingerprint density at radius 3 is 1.25 bits per heavy atom. The van der Waals surface area contributed by atoms with Gasteiger partial charge >= 0.3 is 0 Å². The zero-order valence-electron chi connectivity index (χ0n) is 15.5. The van der Waals surface area contributed by atoms with Gasteiger partial charge in [-0.05, 0) is 51.9 Å². The SMILES string of the molecule is CC/C=C\C/C=C/C/C=C/C/C=C/C/C=C/C/C=C/CCC(C)=O. The van der Waals surface area contributed by atoms with Crippen LogP contribution in [0.4, 0.5) is 0 Å². The van der Waals surface area contributed by atoms with Gasteiger partial charge in [-0.2, -0.15) is 0 Å². The van der Waals surface area contributed by atoms with Gasteiger partial charge in [0.05, 0.1) is 0 Å². The average Bonchev–Trinajstić information content (AvgIpc) is 2.56. The fourth-order valence-electron chi connectivity index (χ4n) is 1.93. The third-order valence-electron chi connectivity index (χ3n) is 3.26. The molecule has 0 atom stereocenters. The van der Waals surface area contributed by atoms with E-state index >= 15 is 0 Å². The largest absolute Gasteiger partial charge is 0.300 e. The first-order valence-electron chi connectivity index (χ1n) is 9.16. The van der Waals surface area contributed by atoms with E-state index in [-0.39, 0.29) is 5.78 Å². The van der Waals surface area contributed by atoms with E-state index in [1.807, 2.05) is 0 Å². The van der Waals surface area contributed by atoms with Gasteiger partial charge < -0.3 is 4.79 Å². The Bertz CT molecular complexity index is 458. The lowest BCUT2D eigenvalue weighted by Crippen LogP contribution is -1.85. The van der Waals surface area contributed by atoms with E-state index in [1.165, 1.54) is 0 Å². The van der Waals surface area contributed by atoms with Gasteiger partial charge in [0.25, 0.3) is 0 Å². The summed E-state index contributed by atoms with van der Waals surface area (Å²) >= 11 is 0. The molecule has 1 nitrogen and oxygen atoms in total. The Morgan fingerprint density at radius 1 is 0.583 bits per heavy atom.